The van der Waals surface area contributed by atoms with Crippen LogP contribution in [0.3, 0.4) is 0 Å². The molecule has 0 saturated heterocycles. The second kappa shape index (κ2) is 17.7. The molecule has 3 atom stereocenters. The van der Waals surface area contributed by atoms with Gasteiger partial charge in [0.05, 0.1) is 0 Å². The Morgan fingerprint density at radius 3 is 1.29 bits per heavy atom. The van der Waals surface area contributed by atoms with Crippen molar-refractivity contribution < 1.29 is 0 Å². The molecular weight excluding hydrogens is 296 g/mol. The monoisotopic (exact) mass is 342 g/mol. The molecule has 4 nitrogen and oxygen atoms in total. The van der Waals surface area contributed by atoms with Gasteiger partial charge in [-0.25, -0.2) is 0 Å². The van der Waals surface area contributed by atoms with Gasteiger partial charge in [-0.1, -0.05) is 57.8 Å². The summed E-state index contributed by atoms with van der Waals surface area (Å²) >= 11 is 0. The third-order valence-corrected chi connectivity index (χ3v) is 4.92. The fourth-order valence-electron chi connectivity index (χ4n) is 3.20. The average Bonchev–Trinajstić information content (AvgIpc) is 2.55. The molecule has 0 aliphatic carbocycles. The van der Waals surface area contributed by atoms with E-state index < -0.39 is 0 Å². The minimum absolute atomic E-state index is 0.290. The van der Waals surface area contributed by atoms with Crippen molar-refractivity contribution in [3.63, 3.8) is 0 Å². The molecule has 0 amide bonds. The van der Waals surface area contributed by atoms with E-state index >= 15 is 0 Å². The van der Waals surface area contributed by atoms with E-state index in [9.17, 15) is 0 Å². The maximum absolute atomic E-state index is 6.11. The summed E-state index contributed by atoms with van der Waals surface area (Å²) in [4.78, 5) is 0. The smallest absolute Gasteiger partial charge is 0.00394 e. The van der Waals surface area contributed by atoms with Gasteiger partial charge < -0.3 is 22.9 Å². The zero-order valence-electron chi connectivity index (χ0n) is 16.4. The van der Waals surface area contributed by atoms with E-state index in [-0.39, 0.29) is 6.04 Å². The Hall–Kier alpha value is -0.160. The largest absolute Gasteiger partial charge is 0.330 e. The lowest BCUT2D eigenvalue weighted by atomic mass is 10.0. The summed E-state index contributed by atoms with van der Waals surface area (Å²) in [7, 11) is 0. The van der Waals surface area contributed by atoms with Gasteiger partial charge in [0.2, 0.25) is 0 Å². The van der Waals surface area contributed by atoms with Crippen LogP contribution < -0.4 is 22.9 Å². The third kappa shape index (κ3) is 18.2. The van der Waals surface area contributed by atoms with Crippen LogP contribution in [0.5, 0.6) is 0 Å². The first kappa shape index (κ1) is 23.8. The predicted octanol–water partition coefficient (Wildman–Crippen LogP) is 3.80. The second-order valence-corrected chi connectivity index (χ2v) is 7.77. The molecule has 0 aromatic carbocycles. The van der Waals surface area contributed by atoms with Crippen LogP contribution in [0, 0.1) is 0 Å². The van der Waals surface area contributed by atoms with E-state index in [0.29, 0.717) is 12.1 Å². The van der Waals surface area contributed by atoms with Crippen molar-refractivity contribution in [3.05, 3.63) is 0 Å². The van der Waals surface area contributed by atoms with Gasteiger partial charge in [0.1, 0.15) is 0 Å². The van der Waals surface area contributed by atoms with Crippen LogP contribution in [-0.2, 0) is 0 Å². The molecule has 0 aliphatic rings. The van der Waals surface area contributed by atoms with E-state index in [1.807, 2.05) is 0 Å². The van der Waals surface area contributed by atoms with Crippen molar-refractivity contribution in [2.75, 3.05) is 6.54 Å². The van der Waals surface area contributed by atoms with Gasteiger partial charge in [0, 0.05) is 18.1 Å². The van der Waals surface area contributed by atoms with E-state index in [1.54, 1.807) is 0 Å². The number of unbranched alkanes of at least 4 members (excludes halogenated alkanes) is 8. The van der Waals surface area contributed by atoms with Gasteiger partial charge in [-0.3, -0.25) is 0 Å². The SMILES string of the molecule is CC(N)CCC(N)CCCCCCCCCCCC(N)CCCN. The third-order valence-electron chi connectivity index (χ3n) is 4.92. The second-order valence-electron chi connectivity index (χ2n) is 7.77. The van der Waals surface area contributed by atoms with Gasteiger partial charge in [-0.15, -0.1) is 0 Å². The van der Waals surface area contributed by atoms with Crippen LogP contribution in [0.4, 0.5) is 0 Å². The summed E-state index contributed by atoms with van der Waals surface area (Å²) in [5.41, 5.74) is 23.4. The Kier molecular flexibility index (Phi) is 17.5. The molecule has 0 saturated carbocycles. The lowest BCUT2D eigenvalue weighted by Crippen LogP contribution is -2.24. The molecule has 0 aliphatic heterocycles. The Bertz CT molecular complexity index is 246. The van der Waals surface area contributed by atoms with Gasteiger partial charge in [0.25, 0.3) is 0 Å². The summed E-state index contributed by atoms with van der Waals surface area (Å²) in [6, 6.07) is 1.01. The van der Waals surface area contributed by atoms with Gasteiger partial charge in [-0.05, 0) is 52.0 Å². The van der Waals surface area contributed by atoms with Gasteiger partial charge in [-0.2, -0.15) is 0 Å². The molecule has 0 aromatic heterocycles. The molecule has 8 N–H and O–H groups in total. The molecule has 3 unspecified atom stereocenters. The van der Waals surface area contributed by atoms with E-state index in [2.05, 4.69) is 6.92 Å². The lowest BCUT2D eigenvalue weighted by Gasteiger charge is -2.12. The fourth-order valence-corrected chi connectivity index (χ4v) is 3.20. The van der Waals surface area contributed by atoms with Crippen molar-refractivity contribution in [2.24, 2.45) is 22.9 Å². The highest BCUT2D eigenvalue weighted by molar-refractivity contribution is 4.65. The minimum atomic E-state index is 0.290. The first-order valence-corrected chi connectivity index (χ1v) is 10.5. The molecule has 4 heteroatoms. The fraction of sp³-hybridized carbons (Fsp3) is 1.00. The Balaban J connectivity index is 3.17. The molecule has 0 radical (unpaired) electrons. The van der Waals surface area contributed by atoms with Crippen molar-refractivity contribution in [1.82, 2.24) is 0 Å². The summed E-state index contributed by atoms with van der Waals surface area (Å²) in [6.07, 6.45) is 18.7. The van der Waals surface area contributed by atoms with Crippen LogP contribution in [0.1, 0.15) is 103 Å². The minimum Gasteiger partial charge on any atom is -0.330 e. The molecule has 0 spiro atoms. The molecule has 0 fully saturated rings. The Morgan fingerprint density at radius 1 is 0.500 bits per heavy atom. The van der Waals surface area contributed by atoms with E-state index in [0.717, 1.165) is 38.6 Å². The highest BCUT2D eigenvalue weighted by Gasteiger charge is 2.04. The van der Waals surface area contributed by atoms with Crippen molar-refractivity contribution >= 4 is 0 Å². The van der Waals surface area contributed by atoms with Crippen LogP contribution in [0.2, 0.25) is 0 Å². The Morgan fingerprint density at radius 2 is 0.875 bits per heavy atom. The molecule has 0 bridgehead atoms. The molecule has 24 heavy (non-hydrogen) atoms. The number of rotatable bonds is 18. The first-order chi connectivity index (χ1) is 11.6. The van der Waals surface area contributed by atoms with Crippen LogP contribution in [0.25, 0.3) is 0 Å². The van der Waals surface area contributed by atoms with Crippen LogP contribution in [0.15, 0.2) is 0 Å². The molecule has 0 aromatic rings. The van der Waals surface area contributed by atoms with Gasteiger partial charge in [0.15, 0.2) is 0 Å². The zero-order valence-corrected chi connectivity index (χ0v) is 16.4. The zero-order chi connectivity index (χ0) is 18.0. The normalized spacial score (nSPS) is 15.4. The standard InChI is InChI=1S/C20H46N4/c1-18(22)15-16-20(24)13-10-8-6-4-2-3-5-7-9-12-19(23)14-11-17-21/h18-20H,2-17,21-24H2,1H3. The van der Waals surface area contributed by atoms with E-state index in [4.69, 9.17) is 22.9 Å². The summed E-state index contributed by atoms with van der Waals surface area (Å²) in [5, 5.41) is 0. The highest BCUT2D eigenvalue weighted by Crippen LogP contribution is 2.13. The maximum atomic E-state index is 6.11. The van der Waals surface area contributed by atoms with Crippen LogP contribution >= 0.6 is 0 Å². The summed E-state index contributed by atoms with van der Waals surface area (Å²) < 4.78 is 0. The van der Waals surface area contributed by atoms with Gasteiger partial charge >= 0.3 is 0 Å². The lowest BCUT2D eigenvalue weighted by molar-refractivity contribution is 0.476. The van der Waals surface area contributed by atoms with Crippen LogP contribution in [-0.4, -0.2) is 24.7 Å². The van der Waals surface area contributed by atoms with Crippen molar-refractivity contribution in [2.45, 2.75) is 121 Å². The quantitative estimate of drug-likeness (QED) is 0.284. The molecule has 146 valence electrons. The van der Waals surface area contributed by atoms with Crippen molar-refractivity contribution in [3.8, 4) is 0 Å². The van der Waals surface area contributed by atoms with Crippen molar-refractivity contribution in [1.29, 1.82) is 0 Å². The Labute approximate surface area is 151 Å². The number of hydrogen-bond acceptors (Lipinski definition) is 4. The van der Waals surface area contributed by atoms with E-state index in [1.165, 1.54) is 64.2 Å². The molecule has 0 rings (SSSR count). The molecule has 0 heterocycles. The summed E-state index contributed by atoms with van der Waals surface area (Å²) in [5.74, 6) is 0. The number of nitrogens with two attached hydrogens (primary N) is 4. The highest BCUT2D eigenvalue weighted by atomic mass is 14.6. The number of hydrogen-bond donors (Lipinski definition) is 4. The summed E-state index contributed by atoms with van der Waals surface area (Å²) in [6.45, 7) is 2.83. The average molecular weight is 343 g/mol. The predicted molar refractivity (Wildman–Crippen MR) is 108 cm³/mol. The molecular formula is C20H46N4. The first-order valence-electron chi connectivity index (χ1n) is 10.5. The maximum Gasteiger partial charge on any atom is 0.00394 e. The topological polar surface area (TPSA) is 104 Å².